The largest absolute Gasteiger partial charge is 0.479 e. The van der Waals surface area contributed by atoms with Crippen molar-refractivity contribution >= 4 is 28.6 Å². The van der Waals surface area contributed by atoms with Gasteiger partial charge in [-0.1, -0.05) is 23.7 Å². The van der Waals surface area contributed by atoms with Gasteiger partial charge in [-0.05, 0) is 64.8 Å². The Kier molecular flexibility index (Phi) is 6.51. The molecule has 4 rings (SSSR count). The first-order valence-corrected chi connectivity index (χ1v) is 11.9. The number of halogens is 1. The fourth-order valence-electron chi connectivity index (χ4n) is 4.55. The molecule has 0 fully saturated rings. The maximum absolute atomic E-state index is 12.5. The second-order valence-corrected chi connectivity index (χ2v) is 10.4. The lowest BCUT2D eigenvalue weighted by atomic mass is 9.91. The van der Waals surface area contributed by atoms with Crippen LogP contribution in [0.5, 0.6) is 0 Å². The number of hydrogen-bond acceptors (Lipinski definition) is 4. The van der Waals surface area contributed by atoms with Gasteiger partial charge in [-0.15, -0.1) is 0 Å². The lowest BCUT2D eigenvalue weighted by Gasteiger charge is -2.28. The summed E-state index contributed by atoms with van der Waals surface area (Å²) < 4.78 is 10.0. The van der Waals surface area contributed by atoms with Crippen molar-refractivity contribution in [3.63, 3.8) is 0 Å². The molecule has 1 N–H and O–H groups in total. The van der Waals surface area contributed by atoms with Crippen LogP contribution in [-0.4, -0.2) is 36.0 Å². The summed E-state index contributed by atoms with van der Waals surface area (Å²) in [5.74, 6) is -1.05. The lowest BCUT2D eigenvalue weighted by molar-refractivity contribution is -0.160. The normalized spacial score (nSPS) is 12.9. The predicted octanol–water partition coefficient (Wildman–Crippen LogP) is 6.00. The Bertz CT molecular complexity index is 1410. The standard InChI is InChI=1S/C27H31ClN4O3/c1-15-17(3)32(14-18-12-29-31(7)13-18)25-21(15)23(19-8-10-20(28)11-9-19)22(16(2)30-25)24(26(33)34)35-27(4,5)6/h8-13,24H,14H2,1-7H3,(H,33,34). The number of nitrogens with zero attached hydrogens (tertiary/aromatic N) is 4. The van der Waals surface area contributed by atoms with E-state index in [9.17, 15) is 9.90 Å². The van der Waals surface area contributed by atoms with Crippen LogP contribution in [0.25, 0.3) is 22.2 Å². The molecule has 1 unspecified atom stereocenters. The van der Waals surface area contributed by atoms with Crippen LogP contribution in [0.15, 0.2) is 36.7 Å². The highest BCUT2D eigenvalue weighted by atomic mass is 35.5. The molecule has 0 saturated carbocycles. The Morgan fingerprint density at radius 1 is 1.17 bits per heavy atom. The van der Waals surface area contributed by atoms with Gasteiger partial charge < -0.3 is 14.4 Å². The highest BCUT2D eigenvalue weighted by molar-refractivity contribution is 6.30. The second-order valence-electron chi connectivity index (χ2n) is 9.96. The van der Waals surface area contributed by atoms with Crippen molar-refractivity contribution in [1.82, 2.24) is 19.3 Å². The first-order chi connectivity index (χ1) is 16.4. The molecule has 184 valence electrons. The molecule has 0 spiro atoms. The maximum Gasteiger partial charge on any atom is 0.337 e. The van der Waals surface area contributed by atoms with Crippen molar-refractivity contribution in [3.05, 3.63) is 69.8 Å². The third kappa shape index (κ3) is 4.83. The number of hydrogen-bond donors (Lipinski definition) is 1. The average Bonchev–Trinajstić information content (AvgIpc) is 3.28. The van der Waals surface area contributed by atoms with Gasteiger partial charge in [-0.25, -0.2) is 9.78 Å². The number of ether oxygens (including phenoxy) is 1. The molecule has 0 saturated heterocycles. The van der Waals surface area contributed by atoms with Gasteiger partial charge in [0.2, 0.25) is 0 Å². The van der Waals surface area contributed by atoms with E-state index < -0.39 is 17.7 Å². The lowest BCUT2D eigenvalue weighted by Crippen LogP contribution is -2.28. The van der Waals surface area contributed by atoms with E-state index in [1.54, 1.807) is 4.68 Å². The number of aromatic nitrogens is 4. The predicted molar refractivity (Wildman–Crippen MR) is 138 cm³/mol. The molecule has 8 heteroatoms. The summed E-state index contributed by atoms with van der Waals surface area (Å²) in [6, 6.07) is 7.47. The molecule has 3 heterocycles. The number of carboxylic acid groups (broad SMARTS) is 1. The molecule has 3 aromatic heterocycles. The Morgan fingerprint density at radius 2 is 1.83 bits per heavy atom. The van der Waals surface area contributed by atoms with Crippen LogP contribution < -0.4 is 0 Å². The SMILES string of the molecule is Cc1nc2c(c(C)c(C)n2Cc2cnn(C)c2)c(-c2ccc(Cl)cc2)c1C(OC(C)(C)C)C(=O)O. The zero-order chi connectivity index (χ0) is 25.7. The van der Waals surface area contributed by atoms with E-state index in [1.165, 1.54) is 0 Å². The van der Waals surface area contributed by atoms with Crippen LogP contribution in [0, 0.1) is 20.8 Å². The van der Waals surface area contributed by atoms with Crippen LogP contribution in [0.2, 0.25) is 5.02 Å². The van der Waals surface area contributed by atoms with E-state index in [1.807, 2.05) is 71.4 Å². The van der Waals surface area contributed by atoms with E-state index in [0.717, 1.165) is 39.0 Å². The molecule has 1 atom stereocenters. The van der Waals surface area contributed by atoms with Gasteiger partial charge in [0.25, 0.3) is 0 Å². The Morgan fingerprint density at radius 3 is 2.37 bits per heavy atom. The minimum atomic E-state index is -1.18. The minimum absolute atomic E-state index is 0.559. The van der Waals surface area contributed by atoms with E-state index in [0.29, 0.717) is 22.8 Å². The van der Waals surface area contributed by atoms with E-state index in [-0.39, 0.29) is 0 Å². The zero-order valence-electron chi connectivity index (χ0n) is 21.2. The third-order valence-corrected chi connectivity index (χ3v) is 6.43. The van der Waals surface area contributed by atoms with Crippen molar-refractivity contribution in [3.8, 4) is 11.1 Å². The molecule has 4 aromatic rings. The van der Waals surface area contributed by atoms with Crippen molar-refractivity contribution in [1.29, 1.82) is 0 Å². The number of fused-ring (bicyclic) bond motifs is 1. The maximum atomic E-state index is 12.5. The van der Waals surface area contributed by atoms with Crippen molar-refractivity contribution in [2.75, 3.05) is 0 Å². The molecule has 35 heavy (non-hydrogen) atoms. The summed E-state index contributed by atoms with van der Waals surface area (Å²) in [5, 5.41) is 16.1. The highest BCUT2D eigenvalue weighted by Crippen LogP contribution is 2.42. The molecular weight excluding hydrogens is 464 g/mol. The third-order valence-electron chi connectivity index (χ3n) is 6.17. The second kappa shape index (κ2) is 9.13. The fraction of sp³-hybridized carbons (Fsp3) is 0.370. The number of aliphatic carboxylic acids is 1. The van der Waals surface area contributed by atoms with Crippen molar-refractivity contribution in [2.45, 2.75) is 59.8 Å². The molecule has 7 nitrogen and oxygen atoms in total. The zero-order valence-corrected chi connectivity index (χ0v) is 21.9. The van der Waals surface area contributed by atoms with Gasteiger partial charge in [0.1, 0.15) is 5.65 Å². The van der Waals surface area contributed by atoms with E-state index in [2.05, 4.69) is 23.5 Å². The number of pyridine rings is 1. The molecular formula is C27H31ClN4O3. The summed E-state index contributed by atoms with van der Waals surface area (Å²) in [5.41, 5.74) is 6.15. The fourth-order valence-corrected chi connectivity index (χ4v) is 4.67. The average molecular weight is 495 g/mol. The van der Waals surface area contributed by atoms with Crippen LogP contribution in [0.1, 0.15) is 55.0 Å². The number of carbonyl (C=O) groups is 1. The summed E-state index contributed by atoms with van der Waals surface area (Å²) in [7, 11) is 1.89. The molecule has 0 aliphatic carbocycles. The van der Waals surface area contributed by atoms with E-state index in [4.69, 9.17) is 21.3 Å². The Hall–Kier alpha value is -3.16. The Labute approximate surface area is 210 Å². The summed E-state index contributed by atoms with van der Waals surface area (Å²) in [6.07, 6.45) is 2.65. The van der Waals surface area contributed by atoms with Gasteiger partial charge in [-0.3, -0.25) is 4.68 Å². The summed E-state index contributed by atoms with van der Waals surface area (Å²) >= 11 is 6.20. The van der Waals surface area contributed by atoms with Gasteiger partial charge >= 0.3 is 5.97 Å². The number of benzene rings is 1. The van der Waals surface area contributed by atoms with Crippen molar-refractivity contribution < 1.29 is 14.6 Å². The first-order valence-electron chi connectivity index (χ1n) is 11.5. The number of rotatable bonds is 6. The van der Waals surface area contributed by atoms with Crippen LogP contribution in [-0.2, 0) is 23.1 Å². The van der Waals surface area contributed by atoms with Gasteiger partial charge in [0, 0.05) is 51.7 Å². The van der Waals surface area contributed by atoms with Crippen LogP contribution in [0.3, 0.4) is 0 Å². The van der Waals surface area contributed by atoms with E-state index >= 15 is 0 Å². The topological polar surface area (TPSA) is 82.2 Å². The minimum Gasteiger partial charge on any atom is -0.479 e. The van der Waals surface area contributed by atoms with Gasteiger partial charge in [-0.2, -0.15) is 5.10 Å². The smallest absolute Gasteiger partial charge is 0.337 e. The molecule has 0 bridgehead atoms. The molecule has 0 aliphatic heterocycles. The van der Waals surface area contributed by atoms with Crippen LogP contribution >= 0.6 is 11.6 Å². The molecule has 0 radical (unpaired) electrons. The molecule has 0 amide bonds. The quantitative estimate of drug-likeness (QED) is 0.355. The van der Waals surface area contributed by atoms with Crippen LogP contribution in [0.4, 0.5) is 0 Å². The number of aryl methyl sites for hydroxylation is 3. The molecule has 1 aromatic carbocycles. The highest BCUT2D eigenvalue weighted by Gasteiger charge is 2.33. The number of carboxylic acids is 1. The Balaban J connectivity index is 2.07. The summed E-state index contributed by atoms with van der Waals surface area (Å²) in [6.45, 7) is 12.1. The molecule has 0 aliphatic rings. The summed E-state index contributed by atoms with van der Waals surface area (Å²) in [4.78, 5) is 17.5. The van der Waals surface area contributed by atoms with Crippen molar-refractivity contribution in [2.24, 2.45) is 7.05 Å². The first kappa shape index (κ1) is 24.9. The van der Waals surface area contributed by atoms with Gasteiger partial charge in [0.15, 0.2) is 6.10 Å². The van der Waals surface area contributed by atoms with Gasteiger partial charge in [0.05, 0.1) is 18.3 Å². The monoisotopic (exact) mass is 494 g/mol.